The third-order valence-corrected chi connectivity index (χ3v) is 4.75. The largest absolute Gasteiger partial charge is 0.243 e. The van der Waals surface area contributed by atoms with Crippen molar-refractivity contribution in [3.63, 3.8) is 0 Å². The summed E-state index contributed by atoms with van der Waals surface area (Å²) in [4.78, 5) is -0.315. The molecule has 0 radical (unpaired) electrons. The molecule has 102 valence electrons. The van der Waals surface area contributed by atoms with Gasteiger partial charge in [0, 0.05) is 10.5 Å². The van der Waals surface area contributed by atoms with Crippen LogP contribution < -0.4 is 4.72 Å². The molecule has 0 saturated carbocycles. The zero-order valence-electron chi connectivity index (χ0n) is 10.6. The molecular weight excluding hydrogens is 321 g/mol. The summed E-state index contributed by atoms with van der Waals surface area (Å²) in [5.74, 6) is -0.598. The molecule has 0 amide bonds. The summed E-state index contributed by atoms with van der Waals surface area (Å²) in [7, 11) is -3.81. The summed E-state index contributed by atoms with van der Waals surface area (Å²) in [6.45, 7) is 5.74. The van der Waals surface area contributed by atoms with Gasteiger partial charge in [-0.1, -0.05) is 36.7 Å². The van der Waals surface area contributed by atoms with Crippen LogP contribution in [0.1, 0.15) is 27.2 Å². The van der Waals surface area contributed by atoms with E-state index in [2.05, 4.69) is 20.7 Å². The lowest BCUT2D eigenvalue weighted by atomic mass is 10.0. The molecule has 0 heterocycles. The molecule has 1 unspecified atom stereocenters. The maximum atomic E-state index is 13.7. The minimum atomic E-state index is -3.81. The van der Waals surface area contributed by atoms with Crippen molar-refractivity contribution in [1.29, 1.82) is 0 Å². The highest BCUT2D eigenvalue weighted by atomic mass is 79.9. The first-order chi connectivity index (χ1) is 8.27. The van der Waals surface area contributed by atoms with E-state index in [0.717, 1.165) is 6.07 Å². The van der Waals surface area contributed by atoms with Crippen LogP contribution in [-0.4, -0.2) is 14.5 Å². The average Bonchev–Trinajstić information content (AvgIpc) is 2.24. The van der Waals surface area contributed by atoms with Crippen molar-refractivity contribution < 1.29 is 12.8 Å². The third-order valence-electron chi connectivity index (χ3n) is 2.73. The summed E-state index contributed by atoms with van der Waals surface area (Å²) in [5.41, 5.74) is 0. The quantitative estimate of drug-likeness (QED) is 0.895. The molecule has 6 heteroatoms. The van der Waals surface area contributed by atoms with Crippen molar-refractivity contribution in [3.05, 3.63) is 28.5 Å². The van der Waals surface area contributed by atoms with Crippen LogP contribution in [-0.2, 0) is 10.0 Å². The molecule has 18 heavy (non-hydrogen) atoms. The highest BCUT2D eigenvalue weighted by Crippen LogP contribution is 2.20. The Balaban J connectivity index is 3.06. The number of rotatable bonds is 5. The van der Waals surface area contributed by atoms with E-state index in [1.165, 1.54) is 12.1 Å². The lowest BCUT2D eigenvalue weighted by molar-refractivity contribution is 0.435. The van der Waals surface area contributed by atoms with Crippen molar-refractivity contribution in [2.24, 2.45) is 5.92 Å². The molecule has 1 aromatic rings. The zero-order chi connectivity index (χ0) is 13.9. The standard InChI is InChI=1S/C12H17BrFNO2S/c1-4-11(8(2)3)15-18(16,17)12-6-5-9(13)7-10(12)14/h5-8,11,15H,4H2,1-3H3. The second-order valence-corrected chi connectivity index (χ2v) is 7.05. The summed E-state index contributed by atoms with van der Waals surface area (Å²) in [5, 5.41) is 0. The van der Waals surface area contributed by atoms with Crippen LogP contribution in [0.25, 0.3) is 0 Å². The van der Waals surface area contributed by atoms with Gasteiger partial charge in [-0.25, -0.2) is 17.5 Å². The molecule has 1 atom stereocenters. The van der Waals surface area contributed by atoms with E-state index in [-0.39, 0.29) is 16.9 Å². The Morgan fingerprint density at radius 2 is 2.00 bits per heavy atom. The van der Waals surface area contributed by atoms with Crippen LogP contribution in [0.15, 0.2) is 27.6 Å². The molecule has 0 aromatic heterocycles. The number of benzene rings is 1. The monoisotopic (exact) mass is 337 g/mol. The number of halogens is 2. The van der Waals surface area contributed by atoms with Crippen molar-refractivity contribution in [2.45, 2.75) is 38.1 Å². The molecule has 0 aliphatic carbocycles. The Bertz CT molecular complexity index is 517. The SMILES string of the molecule is CCC(NS(=O)(=O)c1ccc(Br)cc1F)C(C)C. The van der Waals surface area contributed by atoms with Gasteiger partial charge in [-0.05, 0) is 30.5 Å². The van der Waals surface area contributed by atoms with Gasteiger partial charge in [-0.2, -0.15) is 0 Å². The molecule has 1 N–H and O–H groups in total. The summed E-state index contributed by atoms with van der Waals surface area (Å²) >= 11 is 3.10. The van der Waals surface area contributed by atoms with E-state index in [1.54, 1.807) is 0 Å². The van der Waals surface area contributed by atoms with Crippen LogP contribution >= 0.6 is 15.9 Å². The van der Waals surface area contributed by atoms with E-state index < -0.39 is 15.8 Å². The summed E-state index contributed by atoms with van der Waals surface area (Å²) in [6.07, 6.45) is 0.662. The smallest absolute Gasteiger partial charge is 0.208 e. The van der Waals surface area contributed by atoms with E-state index in [0.29, 0.717) is 10.9 Å². The van der Waals surface area contributed by atoms with Crippen LogP contribution in [0.4, 0.5) is 4.39 Å². The molecule has 0 saturated heterocycles. The maximum Gasteiger partial charge on any atom is 0.243 e. The number of nitrogens with one attached hydrogen (secondary N) is 1. The van der Waals surface area contributed by atoms with Gasteiger partial charge in [0.1, 0.15) is 10.7 Å². The lowest BCUT2D eigenvalue weighted by Gasteiger charge is -2.20. The summed E-state index contributed by atoms with van der Waals surface area (Å²) < 4.78 is 40.8. The highest BCUT2D eigenvalue weighted by molar-refractivity contribution is 9.10. The Morgan fingerprint density at radius 1 is 1.39 bits per heavy atom. The van der Waals surface area contributed by atoms with Crippen molar-refractivity contribution in [3.8, 4) is 0 Å². The Hall–Kier alpha value is -0.460. The zero-order valence-corrected chi connectivity index (χ0v) is 13.0. The van der Waals surface area contributed by atoms with Gasteiger partial charge < -0.3 is 0 Å². The fraction of sp³-hybridized carbons (Fsp3) is 0.500. The Labute approximate surface area is 116 Å². The first-order valence-corrected chi connectivity index (χ1v) is 8.03. The maximum absolute atomic E-state index is 13.7. The molecular formula is C12H17BrFNO2S. The minimum absolute atomic E-state index is 0.156. The predicted octanol–water partition coefficient (Wildman–Crippen LogP) is 3.30. The average molecular weight is 338 g/mol. The molecule has 0 bridgehead atoms. The van der Waals surface area contributed by atoms with Crippen LogP contribution in [0.3, 0.4) is 0 Å². The van der Waals surface area contributed by atoms with Crippen LogP contribution in [0.2, 0.25) is 0 Å². The number of hydrogen-bond acceptors (Lipinski definition) is 2. The van der Waals surface area contributed by atoms with E-state index in [1.807, 2.05) is 20.8 Å². The van der Waals surface area contributed by atoms with Crippen LogP contribution in [0.5, 0.6) is 0 Å². The van der Waals surface area contributed by atoms with Crippen LogP contribution in [0, 0.1) is 11.7 Å². The van der Waals surface area contributed by atoms with Gasteiger partial charge in [0.2, 0.25) is 10.0 Å². The van der Waals surface area contributed by atoms with Gasteiger partial charge in [0.25, 0.3) is 0 Å². The molecule has 3 nitrogen and oxygen atoms in total. The molecule has 0 aliphatic rings. The second-order valence-electron chi connectivity index (χ2n) is 4.45. The fourth-order valence-corrected chi connectivity index (χ4v) is 3.51. The van der Waals surface area contributed by atoms with Gasteiger partial charge >= 0.3 is 0 Å². The first-order valence-electron chi connectivity index (χ1n) is 5.75. The number of sulfonamides is 1. The Kier molecular flexibility index (Phi) is 5.31. The molecule has 0 aliphatic heterocycles. The van der Waals surface area contributed by atoms with Crippen molar-refractivity contribution in [2.75, 3.05) is 0 Å². The molecule has 0 fully saturated rings. The summed E-state index contributed by atoms with van der Waals surface area (Å²) in [6, 6.07) is 3.71. The predicted molar refractivity (Wildman–Crippen MR) is 73.3 cm³/mol. The normalized spacial score (nSPS) is 13.9. The topological polar surface area (TPSA) is 46.2 Å². The fourth-order valence-electron chi connectivity index (χ4n) is 1.65. The molecule has 0 spiro atoms. The van der Waals surface area contributed by atoms with E-state index in [4.69, 9.17) is 0 Å². The van der Waals surface area contributed by atoms with E-state index >= 15 is 0 Å². The van der Waals surface area contributed by atoms with Gasteiger partial charge in [0.05, 0.1) is 0 Å². The molecule has 1 rings (SSSR count). The van der Waals surface area contributed by atoms with Gasteiger partial charge in [0.15, 0.2) is 0 Å². The van der Waals surface area contributed by atoms with Gasteiger partial charge in [-0.3, -0.25) is 0 Å². The van der Waals surface area contributed by atoms with Crippen molar-refractivity contribution in [1.82, 2.24) is 4.72 Å². The molecule has 1 aromatic carbocycles. The Morgan fingerprint density at radius 3 is 2.44 bits per heavy atom. The second kappa shape index (κ2) is 6.12. The van der Waals surface area contributed by atoms with Gasteiger partial charge in [-0.15, -0.1) is 0 Å². The minimum Gasteiger partial charge on any atom is -0.208 e. The number of hydrogen-bond donors (Lipinski definition) is 1. The highest BCUT2D eigenvalue weighted by Gasteiger charge is 2.24. The first kappa shape index (κ1) is 15.6. The lowest BCUT2D eigenvalue weighted by Crippen LogP contribution is -2.38. The van der Waals surface area contributed by atoms with Crippen molar-refractivity contribution >= 4 is 26.0 Å². The third kappa shape index (κ3) is 3.76. The van der Waals surface area contributed by atoms with E-state index in [9.17, 15) is 12.8 Å².